The highest BCUT2D eigenvalue weighted by molar-refractivity contribution is 5.45. The standard InChI is InChI=1S/C10H11N3/c1-7-10-8(6-11-7)13-5-3-2-4-9(13)12-10/h2-5,7,11H,6H2,1H3. The van der Waals surface area contributed by atoms with Gasteiger partial charge in [-0.1, -0.05) is 6.07 Å². The van der Waals surface area contributed by atoms with Gasteiger partial charge in [-0.05, 0) is 19.1 Å². The van der Waals surface area contributed by atoms with Crippen LogP contribution in [-0.2, 0) is 6.54 Å². The Morgan fingerprint density at radius 2 is 2.46 bits per heavy atom. The predicted octanol–water partition coefficient (Wildman–Crippen LogP) is 1.50. The Bertz CT molecular complexity index is 458. The molecular formula is C10H11N3. The van der Waals surface area contributed by atoms with Crippen LogP contribution in [0.2, 0.25) is 0 Å². The van der Waals surface area contributed by atoms with Crippen LogP contribution in [0.5, 0.6) is 0 Å². The van der Waals surface area contributed by atoms with Crippen LogP contribution in [0.3, 0.4) is 0 Å². The van der Waals surface area contributed by atoms with Crippen LogP contribution in [0.4, 0.5) is 0 Å². The molecular weight excluding hydrogens is 162 g/mol. The molecule has 1 aliphatic rings. The van der Waals surface area contributed by atoms with E-state index in [2.05, 4.69) is 27.8 Å². The molecule has 0 aromatic carbocycles. The summed E-state index contributed by atoms with van der Waals surface area (Å²) in [7, 11) is 0. The Morgan fingerprint density at radius 3 is 3.38 bits per heavy atom. The molecule has 1 N–H and O–H groups in total. The molecule has 1 atom stereocenters. The zero-order valence-electron chi connectivity index (χ0n) is 7.49. The minimum Gasteiger partial charge on any atom is -0.303 e. The summed E-state index contributed by atoms with van der Waals surface area (Å²) < 4.78 is 2.16. The largest absolute Gasteiger partial charge is 0.303 e. The quantitative estimate of drug-likeness (QED) is 0.654. The highest BCUT2D eigenvalue weighted by Gasteiger charge is 2.22. The molecule has 1 unspecified atom stereocenters. The molecule has 2 aromatic heterocycles. The van der Waals surface area contributed by atoms with Gasteiger partial charge in [-0.3, -0.25) is 0 Å². The average molecular weight is 173 g/mol. The third-order valence-electron chi connectivity index (χ3n) is 2.65. The van der Waals surface area contributed by atoms with Crippen molar-refractivity contribution in [3.8, 4) is 0 Å². The lowest BCUT2D eigenvalue weighted by atomic mass is 10.3. The number of imidazole rings is 1. The molecule has 3 heterocycles. The number of nitrogens with zero attached hydrogens (tertiary/aromatic N) is 2. The van der Waals surface area contributed by atoms with Crippen LogP contribution in [0, 0.1) is 0 Å². The van der Waals surface area contributed by atoms with Crippen molar-refractivity contribution >= 4 is 5.65 Å². The van der Waals surface area contributed by atoms with E-state index in [0.717, 1.165) is 12.2 Å². The maximum absolute atomic E-state index is 4.57. The van der Waals surface area contributed by atoms with Crippen molar-refractivity contribution in [1.29, 1.82) is 0 Å². The molecule has 3 nitrogen and oxygen atoms in total. The highest BCUT2D eigenvalue weighted by Crippen LogP contribution is 2.24. The van der Waals surface area contributed by atoms with Gasteiger partial charge in [-0.15, -0.1) is 0 Å². The minimum atomic E-state index is 0.398. The number of aromatic nitrogens is 2. The molecule has 3 heteroatoms. The van der Waals surface area contributed by atoms with E-state index in [-0.39, 0.29) is 0 Å². The molecule has 0 aliphatic carbocycles. The molecule has 0 spiro atoms. The van der Waals surface area contributed by atoms with Gasteiger partial charge < -0.3 is 9.72 Å². The number of hydrogen-bond acceptors (Lipinski definition) is 2. The van der Waals surface area contributed by atoms with Crippen molar-refractivity contribution in [2.45, 2.75) is 19.5 Å². The van der Waals surface area contributed by atoms with Gasteiger partial charge in [0.25, 0.3) is 0 Å². The first-order chi connectivity index (χ1) is 6.36. The van der Waals surface area contributed by atoms with E-state index < -0.39 is 0 Å². The van der Waals surface area contributed by atoms with Crippen molar-refractivity contribution in [1.82, 2.24) is 14.7 Å². The Kier molecular flexibility index (Phi) is 1.27. The lowest BCUT2D eigenvalue weighted by Crippen LogP contribution is -2.09. The summed E-state index contributed by atoms with van der Waals surface area (Å²) >= 11 is 0. The first-order valence-electron chi connectivity index (χ1n) is 4.55. The van der Waals surface area contributed by atoms with Gasteiger partial charge in [0.1, 0.15) is 5.65 Å². The third kappa shape index (κ3) is 0.848. The van der Waals surface area contributed by atoms with Gasteiger partial charge in [-0.25, -0.2) is 4.98 Å². The van der Waals surface area contributed by atoms with Crippen molar-refractivity contribution in [2.75, 3.05) is 0 Å². The van der Waals surface area contributed by atoms with E-state index in [1.165, 1.54) is 11.4 Å². The number of pyridine rings is 1. The van der Waals surface area contributed by atoms with Crippen LogP contribution in [0.1, 0.15) is 24.4 Å². The number of hydrogen-bond donors (Lipinski definition) is 1. The summed E-state index contributed by atoms with van der Waals surface area (Å²) in [6, 6.07) is 6.51. The van der Waals surface area contributed by atoms with Gasteiger partial charge in [0.15, 0.2) is 0 Å². The lowest BCUT2D eigenvalue weighted by molar-refractivity contribution is 0.618. The zero-order valence-corrected chi connectivity index (χ0v) is 7.49. The van der Waals surface area contributed by atoms with Crippen molar-refractivity contribution in [3.05, 3.63) is 35.8 Å². The van der Waals surface area contributed by atoms with Crippen molar-refractivity contribution in [3.63, 3.8) is 0 Å². The summed E-state index contributed by atoms with van der Waals surface area (Å²) in [5.41, 5.74) is 3.56. The second-order valence-electron chi connectivity index (χ2n) is 3.48. The van der Waals surface area contributed by atoms with Gasteiger partial charge in [0.05, 0.1) is 11.4 Å². The van der Waals surface area contributed by atoms with Crippen LogP contribution < -0.4 is 5.32 Å². The fraction of sp³-hybridized carbons (Fsp3) is 0.300. The second kappa shape index (κ2) is 2.33. The minimum absolute atomic E-state index is 0.398. The predicted molar refractivity (Wildman–Crippen MR) is 50.4 cm³/mol. The molecule has 0 amide bonds. The van der Waals surface area contributed by atoms with Crippen LogP contribution in [0.25, 0.3) is 5.65 Å². The molecule has 0 fully saturated rings. The number of fused-ring (bicyclic) bond motifs is 3. The molecule has 66 valence electrons. The highest BCUT2D eigenvalue weighted by atomic mass is 15.1. The fourth-order valence-electron chi connectivity index (χ4n) is 1.93. The summed E-state index contributed by atoms with van der Waals surface area (Å²) in [5.74, 6) is 0. The number of rotatable bonds is 0. The molecule has 3 rings (SSSR count). The fourth-order valence-corrected chi connectivity index (χ4v) is 1.93. The molecule has 0 saturated carbocycles. The zero-order chi connectivity index (χ0) is 8.84. The summed E-state index contributed by atoms with van der Waals surface area (Å²) in [4.78, 5) is 4.57. The molecule has 0 saturated heterocycles. The first-order valence-corrected chi connectivity index (χ1v) is 4.55. The van der Waals surface area contributed by atoms with E-state index in [1.807, 2.05) is 18.2 Å². The summed E-state index contributed by atoms with van der Waals surface area (Å²) in [6.45, 7) is 3.08. The van der Waals surface area contributed by atoms with E-state index in [4.69, 9.17) is 0 Å². The average Bonchev–Trinajstić information content (AvgIpc) is 2.67. The smallest absolute Gasteiger partial charge is 0.137 e. The normalized spacial score (nSPS) is 20.8. The maximum Gasteiger partial charge on any atom is 0.137 e. The molecule has 0 radical (unpaired) electrons. The summed E-state index contributed by atoms with van der Waals surface area (Å²) in [5, 5.41) is 3.37. The van der Waals surface area contributed by atoms with Crippen LogP contribution in [-0.4, -0.2) is 9.38 Å². The van der Waals surface area contributed by atoms with Gasteiger partial charge in [0, 0.05) is 18.8 Å². The molecule has 1 aliphatic heterocycles. The monoisotopic (exact) mass is 173 g/mol. The van der Waals surface area contributed by atoms with Crippen molar-refractivity contribution in [2.24, 2.45) is 0 Å². The Balaban J connectivity index is 2.38. The Morgan fingerprint density at radius 1 is 1.54 bits per heavy atom. The van der Waals surface area contributed by atoms with Crippen LogP contribution in [0.15, 0.2) is 24.4 Å². The lowest BCUT2D eigenvalue weighted by Gasteiger charge is -1.99. The van der Waals surface area contributed by atoms with E-state index >= 15 is 0 Å². The van der Waals surface area contributed by atoms with Gasteiger partial charge in [-0.2, -0.15) is 0 Å². The van der Waals surface area contributed by atoms with Gasteiger partial charge >= 0.3 is 0 Å². The Labute approximate surface area is 76.4 Å². The SMILES string of the molecule is CC1NCc2c1nc1ccccn21. The molecule has 0 bridgehead atoms. The third-order valence-corrected chi connectivity index (χ3v) is 2.65. The van der Waals surface area contributed by atoms with Gasteiger partial charge in [0.2, 0.25) is 0 Å². The Hall–Kier alpha value is -1.35. The second-order valence-corrected chi connectivity index (χ2v) is 3.48. The molecule has 2 aromatic rings. The van der Waals surface area contributed by atoms with E-state index in [1.54, 1.807) is 0 Å². The molecule has 13 heavy (non-hydrogen) atoms. The van der Waals surface area contributed by atoms with Crippen molar-refractivity contribution < 1.29 is 0 Å². The van der Waals surface area contributed by atoms with E-state index in [9.17, 15) is 0 Å². The maximum atomic E-state index is 4.57. The van der Waals surface area contributed by atoms with Crippen LogP contribution >= 0.6 is 0 Å². The first kappa shape index (κ1) is 7.09. The topological polar surface area (TPSA) is 29.3 Å². The number of nitrogens with one attached hydrogen (secondary N) is 1. The van der Waals surface area contributed by atoms with E-state index in [0.29, 0.717) is 6.04 Å². The summed E-state index contributed by atoms with van der Waals surface area (Å²) in [6.07, 6.45) is 2.07.